The summed E-state index contributed by atoms with van der Waals surface area (Å²) in [5.74, 6) is 1.72. The van der Waals surface area contributed by atoms with E-state index in [0.717, 1.165) is 17.4 Å². The van der Waals surface area contributed by atoms with Crippen LogP contribution in [0.25, 0.3) is 0 Å². The first-order chi connectivity index (χ1) is 7.83. The lowest BCUT2D eigenvalue weighted by atomic mass is 9.95. The first-order valence-corrected chi connectivity index (χ1v) is 6.19. The summed E-state index contributed by atoms with van der Waals surface area (Å²) in [7, 11) is 0. The van der Waals surface area contributed by atoms with Gasteiger partial charge in [0.15, 0.2) is 0 Å². The zero-order valence-electron chi connectivity index (χ0n) is 9.36. The minimum Gasteiger partial charge on any atom is -0.349 e. The molecule has 2 bridgehead atoms. The monoisotopic (exact) mass is 215 g/mol. The summed E-state index contributed by atoms with van der Waals surface area (Å²) in [6.45, 7) is 0. The Hall–Kier alpha value is -1.31. The van der Waals surface area contributed by atoms with Crippen molar-refractivity contribution in [3.05, 3.63) is 35.9 Å². The summed E-state index contributed by atoms with van der Waals surface area (Å²) in [5, 5.41) is 3.19. The topological polar surface area (TPSA) is 29.1 Å². The fourth-order valence-electron chi connectivity index (χ4n) is 3.26. The Bertz CT molecular complexity index is 387. The van der Waals surface area contributed by atoms with Crippen molar-refractivity contribution in [3.8, 4) is 0 Å². The number of carbonyl (C=O) groups is 1. The number of benzene rings is 1. The molecule has 1 N–H and O–H groups in total. The van der Waals surface area contributed by atoms with E-state index in [2.05, 4.69) is 5.32 Å². The first kappa shape index (κ1) is 9.88. The normalized spacial score (nSPS) is 31.6. The van der Waals surface area contributed by atoms with E-state index < -0.39 is 0 Å². The van der Waals surface area contributed by atoms with Gasteiger partial charge in [-0.3, -0.25) is 4.79 Å². The van der Waals surface area contributed by atoms with Crippen LogP contribution in [-0.2, 0) is 0 Å². The minimum atomic E-state index is 0.0955. The molecule has 2 aliphatic carbocycles. The van der Waals surface area contributed by atoms with Crippen LogP contribution in [0.1, 0.15) is 36.0 Å². The molecule has 3 rings (SSSR count). The molecule has 0 saturated heterocycles. The van der Waals surface area contributed by atoms with Gasteiger partial charge in [0, 0.05) is 11.6 Å². The number of carbonyl (C=O) groups excluding carboxylic acids is 1. The first-order valence-electron chi connectivity index (χ1n) is 6.19. The van der Waals surface area contributed by atoms with Crippen molar-refractivity contribution in [2.75, 3.05) is 0 Å². The van der Waals surface area contributed by atoms with Gasteiger partial charge < -0.3 is 5.32 Å². The summed E-state index contributed by atoms with van der Waals surface area (Å²) in [4.78, 5) is 12.0. The van der Waals surface area contributed by atoms with E-state index in [0.29, 0.717) is 6.04 Å². The van der Waals surface area contributed by atoms with Crippen molar-refractivity contribution < 1.29 is 4.79 Å². The molecule has 0 aromatic heterocycles. The number of fused-ring (bicyclic) bond motifs is 2. The molecule has 2 heteroatoms. The molecule has 2 saturated carbocycles. The van der Waals surface area contributed by atoms with E-state index in [1.165, 1.54) is 25.7 Å². The van der Waals surface area contributed by atoms with Gasteiger partial charge in [-0.2, -0.15) is 0 Å². The van der Waals surface area contributed by atoms with Gasteiger partial charge in [-0.1, -0.05) is 24.6 Å². The molecular weight excluding hydrogens is 198 g/mol. The quantitative estimate of drug-likeness (QED) is 0.807. The summed E-state index contributed by atoms with van der Waals surface area (Å²) in [6, 6.07) is 9.96. The highest BCUT2D eigenvalue weighted by Crippen LogP contribution is 2.44. The van der Waals surface area contributed by atoms with Gasteiger partial charge in [0.2, 0.25) is 0 Å². The molecule has 1 amide bonds. The van der Waals surface area contributed by atoms with Gasteiger partial charge in [0.05, 0.1) is 0 Å². The van der Waals surface area contributed by atoms with Crippen LogP contribution >= 0.6 is 0 Å². The Morgan fingerprint density at radius 3 is 2.56 bits per heavy atom. The molecule has 1 aromatic carbocycles. The summed E-state index contributed by atoms with van der Waals surface area (Å²) in [5.41, 5.74) is 0.783. The van der Waals surface area contributed by atoms with Crippen molar-refractivity contribution in [1.29, 1.82) is 0 Å². The predicted molar refractivity (Wildman–Crippen MR) is 63.1 cm³/mol. The van der Waals surface area contributed by atoms with Crippen molar-refractivity contribution in [1.82, 2.24) is 5.32 Å². The lowest BCUT2D eigenvalue weighted by Crippen LogP contribution is -2.38. The van der Waals surface area contributed by atoms with Gasteiger partial charge in [0.1, 0.15) is 0 Å². The molecular formula is C14H17NO. The Kier molecular flexibility index (Phi) is 2.43. The number of amides is 1. The largest absolute Gasteiger partial charge is 0.349 e. The van der Waals surface area contributed by atoms with Gasteiger partial charge >= 0.3 is 0 Å². The van der Waals surface area contributed by atoms with Crippen molar-refractivity contribution in [2.24, 2.45) is 11.8 Å². The fraction of sp³-hybridized carbons (Fsp3) is 0.500. The van der Waals surface area contributed by atoms with Crippen molar-refractivity contribution in [3.63, 3.8) is 0 Å². The van der Waals surface area contributed by atoms with Crippen molar-refractivity contribution >= 4 is 5.91 Å². The lowest BCUT2D eigenvalue weighted by Gasteiger charge is -2.22. The zero-order chi connectivity index (χ0) is 11.0. The standard InChI is InChI=1S/C14H17NO/c16-14(11-4-2-1-3-5-11)15-13-9-10-6-7-12(13)8-10/h1-5,10,12-13H,6-9H2,(H,15,16)/t10-,12+,13-/m1/s1. The van der Waals surface area contributed by atoms with Gasteiger partial charge in [-0.25, -0.2) is 0 Å². The van der Waals surface area contributed by atoms with Crippen LogP contribution in [0.5, 0.6) is 0 Å². The van der Waals surface area contributed by atoms with Gasteiger partial charge in [-0.05, 0) is 43.2 Å². The average Bonchev–Trinajstić information content (AvgIpc) is 2.92. The minimum absolute atomic E-state index is 0.0955. The molecule has 0 heterocycles. The fourth-order valence-corrected chi connectivity index (χ4v) is 3.26. The third-order valence-electron chi connectivity index (χ3n) is 4.09. The smallest absolute Gasteiger partial charge is 0.251 e. The number of hydrogen-bond acceptors (Lipinski definition) is 1. The van der Waals surface area contributed by atoms with Crippen LogP contribution in [0.15, 0.2) is 30.3 Å². The average molecular weight is 215 g/mol. The second-order valence-electron chi connectivity index (χ2n) is 5.12. The van der Waals surface area contributed by atoms with Crippen LogP contribution in [0.2, 0.25) is 0 Å². The third kappa shape index (κ3) is 1.73. The second-order valence-corrected chi connectivity index (χ2v) is 5.12. The van der Waals surface area contributed by atoms with E-state index in [9.17, 15) is 4.79 Å². The molecule has 3 atom stereocenters. The van der Waals surface area contributed by atoms with Crippen molar-refractivity contribution in [2.45, 2.75) is 31.7 Å². The van der Waals surface area contributed by atoms with E-state index in [4.69, 9.17) is 0 Å². The van der Waals surface area contributed by atoms with E-state index in [1.54, 1.807) is 0 Å². The highest BCUT2D eigenvalue weighted by Gasteiger charge is 2.40. The predicted octanol–water partition coefficient (Wildman–Crippen LogP) is 2.61. The maximum Gasteiger partial charge on any atom is 0.251 e. The highest BCUT2D eigenvalue weighted by molar-refractivity contribution is 5.94. The van der Waals surface area contributed by atoms with Crippen LogP contribution < -0.4 is 5.32 Å². The molecule has 0 spiro atoms. The Labute approximate surface area is 96.1 Å². The maximum atomic E-state index is 12.0. The number of nitrogens with one attached hydrogen (secondary N) is 1. The van der Waals surface area contributed by atoms with Crippen LogP contribution in [-0.4, -0.2) is 11.9 Å². The van der Waals surface area contributed by atoms with Gasteiger partial charge in [0.25, 0.3) is 5.91 Å². The second kappa shape index (κ2) is 3.93. The van der Waals surface area contributed by atoms with E-state index in [-0.39, 0.29) is 5.91 Å². The van der Waals surface area contributed by atoms with E-state index in [1.807, 2.05) is 30.3 Å². The molecule has 2 nitrogen and oxygen atoms in total. The molecule has 1 aromatic rings. The van der Waals surface area contributed by atoms with Gasteiger partial charge in [-0.15, -0.1) is 0 Å². The maximum absolute atomic E-state index is 12.0. The van der Waals surface area contributed by atoms with Crippen LogP contribution in [0.3, 0.4) is 0 Å². The molecule has 2 aliphatic rings. The summed E-state index contributed by atoms with van der Waals surface area (Å²) < 4.78 is 0. The van der Waals surface area contributed by atoms with Crippen LogP contribution in [0, 0.1) is 11.8 Å². The van der Waals surface area contributed by atoms with Crippen LogP contribution in [0.4, 0.5) is 0 Å². The summed E-state index contributed by atoms with van der Waals surface area (Å²) >= 11 is 0. The highest BCUT2D eigenvalue weighted by atomic mass is 16.1. The molecule has 16 heavy (non-hydrogen) atoms. The SMILES string of the molecule is O=C(N[C@@H]1C[C@@H]2CC[C@H]1C2)c1ccccc1. The summed E-state index contributed by atoms with van der Waals surface area (Å²) in [6.07, 6.45) is 5.22. The third-order valence-corrected chi connectivity index (χ3v) is 4.09. The molecule has 0 unspecified atom stereocenters. The molecule has 84 valence electrons. The Morgan fingerprint density at radius 1 is 1.12 bits per heavy atom. The zero-order valence-corrected chi connectivity index (χ0v) is 9.36. The lowest BCUT2D eigenvalue weighted by molar-refractivity contribution is 0.0923. The molecule has 0 aliphatic heterocycles. The van der Waals surface area contributed by atoms with E-state index >= 15 is 0 Å². The number of rotatable bonds is 2. The number of hydrogen-bond donors (Lipinski definition) is 1. The Morgan fingerprint density at radius 2 is 1.94 bits per heavy atom. The molecule has 2 fully saturated rings. The molecule has 0 radical (unpaired) electrons. The Balaban J connectivity index is 1.65.